The van der Waals surface area contributed by atoms with E-state index in [1.807, 2.05) is 16.9 Å². The number of hydrogen-bond acceptors (Lipinski definition) is 4. The summed E-state index contributed by atoms with van der Waals surface area (Å²) in [5.74, 6) is 0.463. The molecule has 2 aliphatic heterocycles. The summed E-state index contributed by atoms with van der Waals surface area (Å²) in [5.41, 5.74) is -0.480. The highest BCUT2D eigenvalue weighted by Crippen LogP contribution is 2.34. The summed E-state index contributed by atoms with van der Waals surface area (Å²) in [6.45, 7) is 9.84. The lowest BCUT2D eigenvalue weighted by Crippen LogP contribution is -2.56. The van der Waals surface area contributed by atoms with Gasteiger partial charge in [0.05, 0.1) is 6.10 Å². The summed E-state index contributed by atoms with van der Waals surface area (Å²) in [4.78, 5) is 13.2. The van der Waals surface area contributed by atoms with Crippen molar-refractivity contribution in [2.75, 3.05) is 26.2 Å². The number of ether oxygens (including phenoxy) is 1. The van der Waals surface area contributed by atoms with Crippen LogP contribution < -0.4 is 10.6 Å². The minimum Gasteiger partial charge on any atom is -0.377 e. The summed E-state index contributed by atoms with van der Waals surface area (Å²) in [5, 5.41) is 11.0. The molecule has 25 heavy (non-hydrogen) atoms. The lowest BCUT2D eigenvalue weighted by atomic mass is 9.78. The third-order valence-corrected chi connectivity index (χ3v) is 5.62. The van der Waals surface area contributed by atoms with Crippen molar-refractivity contribution in [3.63, 3.8) is 0 Å². The van der Waals surface area contributed by atoms with E-state index in [1.54, 1.807) is 6.20 Å². The quantitative estimate of drug-likeness (QED) is 0.872. The second-order valence-corrected chi connectivity index (χ2v) is 8.50. The van der Waals surface area contributed by atoms with Crippen LogP contribution in [0.4, 0.5) is 0 Å². The predicted molar refractivity (Wildman–Crippen MR) is 97.2 cm³/mol. The van der Waals surface area contributed by atoms with Gasteiger partial charge in [0, 0.05) is 31.5 Å². The summed E-state index contributed by atoms with van der Waals surface area (Å²) >= 11 is 0. The summed E-state index contributed by atoms with van der Waals surface area (Å²) < 4.78 is 7.90. The predicted octanol–water partition coefficient (Wildman–Crippen LogP) is 1.92. The molecule has 2 fully saturated rings. The number of hydrogen-bond donors (Lipinski definition) is 2. The van der Waals surface area contributed by atoms with Crippen molar-refractivity contribution >= 4 is 5.91 Å². The standard InChI is InChI=1S/C19H32N4O2/c1-18(2,3)16-15(6-4-13-25-16)14-21-17(24)19(7-10-20-11-8-19)23-12-5-9-22-23/h5,9,12,15-16,20H,4,6-8,10-11,13-14H2,1-3H3,(H,21,24). The minimum atomic E-state index is -0.568. The molecule has 2 N–H and O–H groups in total. The zero-order valence-corrected chi connectivity index (χ0v) is 15.8. The molecule has 0 aliphatic carbocycles. The third kappa shape index (κ3) is 3.90. The first-order valence-corrected chi connectivity index (χ1v) is 9.54. The number of aromatic nitrogens is 2. The van der Waals surface area contributed by atoms with Gasteiger partial charge in [0.15, 0.2) is 0 Å². The molecule has 2 aliphatic rings. The highest BCUT2D eigenvalue weighted by Gasteiger charge is 2.43. The van der Waals surface area contributed by atoms with E-state index in [9.17, 15) is 4.79 Å². The van der Waals surface area contributed by atoms with Crippen LogP contribution >= 0.6 is 0 Å². The van der Waals surface area contributed by atoms with E-state index in [0.717, 1.165) is 45.4 Å². The molecule has 1 aromatic rings. The number of carbonyl (C=O) groups excluding carboxylic acids is 1. The van der Waals surface area contributed by atoms with Crippen LogP contribution in [0.1, 0.15) is 46.5 Å². The molecule has 2 atom stereocenters. The molecule has 1 aromatic heterocycles. The molecular formula is C19H32N4O2. The van der Waals surface area contributed by atoms with Gasteiger partial charge in [0.25, 0.3) is 0 Å². The minimum absolute atomic E-state index is 0.0875. The van der Waals surface area contributed by atoms with E-state index in [1.165, 1.54) is 0 Å². The Labute approximate surface area is 150 Å². The second kappa shape index (κ2) is 7.46. The smallest absolute Gasteiger partial charge is 0.248 e. The first-order valence-electron chi connectivity index (χ1n) is 9.54. The molecule has 2 unspecified atom stereocenters. The molecule has 140 valence electrons. The summed E-state index contributed by atoms with van der Waals surface area (Å²) in [6.07, 6.45) is 7.57. The van der Waals surface area contributed by atoms with Crippen molar-refractivity contribution in [3.05, 3.63) is 18.5 Å². The highest BCUT2D eigenvalue weighted by atomic mass is 16.5. The van der Waals surface area contributed by atoms with Crippen LogP contribution in [0.2, 0.25) is 0 Å². The fraction of sp³-hybridized carbons (Fsp3) is 0.789. The molecule has 0 bridgehead atoms. The molecule has 2 saturated heterocycles. The largest absolute Gasteiger partial charge is 0.377 e. The van der Waals surface area contributed by atoms with Crippen LogP contribution in [-0.2, 0) is 15.1 Å². The fourth-order valence-electron chi connectivity index (χ4n) is 4.32. The Morgan fingerprint density at radius 2 is 2.16 bits per heavy atom. The van der Waals surface area contributed by atoms with Crippen molar-refractivity contribution in [3.8, 4) is 0 Å². The van der Waals surface area contributed by atoms with Gasteiger partial charge in [-0.2, -0.15) is 5.10 Å². The number of nitrogens with zero attached hydrogens (tertiary/aromatic N) is 2. The molecule has 0 radical (unpaired) electrons. The Kier molecular flexibility index (Phi) is 5.49. The van der Waals surface area contributed by atoms with Crippen molar-refractivity contribution in [2.24, 2.45) is 11.3 Å². The average Bonchev–Trinajstić information content (AvgIpc) is 3.15. The van der Waals surface area contributed by atoms with Crippen LogP contribution in [0.25, 0.3) is 0 Å². The Morgan fingerprint density at radius 3 is 2.80 bits per heavy atom. The maximum absolute atomic E-state index is 13.2. The van der Waals surface area contributed by atoms with Crippen LogP contribution in [0.5, 0.6) is 0 Å². The van der Waals surface area contributed by atoms with Crippen LogP contribution in [0.3, 0.4) is 0 Å². The van der Waals surface area contributed by atoms with Gasteiger partial charge >= 0.3 is 0 Å². The molecule has 0 aromatic carbocycles. The molecule has 0 saturated carbocycles. The molecular weight excluding hydrogens is 316 g/mol. The Hall–Kier alpha value is -1.40. The Balaban J connectivity index is 1.69. The van der Waals surface area contributed by atoms with Gasteiger partial charge in [-0.25, -0.2) is 0 Å². The zero-order valence-electron chi connectivity index (χ0n) is 15.8. The normalized spacial score (nSPS) is 27.0. The maximum Gasteiger partial charge on any atom is 0.248 e. The van der Waals surface area contributed by atoms with E-state index in [0.29, 0.717) is 12.5 Å². The second-order valence-electron chi connectivity index (χ2n) is 8.50. The van der Waals surface area contributed by atoms with E-state index in [2.05, 4.69) is 36.5 Å². The Bertz CT molecular complexity index is 558. The van der Waals surface area contributed by atoms with E-state index in [4.69, 9.17) is 4.74 Å². The maximum atomic E-state index is 13.2. The van der Waals surface area contributed by atoms with Crippen molar-refractivity contribution in [1.82, 2.24) is 20.4 Å². The number of nitrogens with one attached hydrogen (secondary N) is 2. The summed E-state index contributed by atoms with van der Waals surface area (Å²) in [6, 6.07) is 1.89. The fourth-order valence-corrected chi connectivity index (χ4v) is 4.32. The van der Waals surface area contributed by atoms with Gasteiger partial charge < -0.3 is 15.4 Å². The van der Waals surface area contributed by atoms with Crippen molar-refractivity contribution in [1.29, 1.82) is 0 Å². The number of piperidine rings is 1. The first kappa shape index (κ1) is 18.4. The first-order chi connectivity index (χ1) is 11.9. The van der Waals surface area contributed by atoms with Crippen molar-refractivity contribution < 1.29 is 9.53 Å². The Morgan fingerprint density at radius 1 is 1.40 bits per heavy atom. The van der Waals surface area contributed by atoms with Gasteiger partial charge in [-0.05, 0) is 50.3 Å². The van der Waals surface area contributed by atoms with E-state index in [-0.39, 0.29) is 17.4 Å². The molecule has 0 spiro atoms. The third-order valence-electron chi connectivity index (χ3n) is 5.62. The van der Waals surface area contributed by atoms with Gasteiger partial charge in [-0.3, -0.25) is 9.48 Å². The molecule has 6 heteroatoms. The number of amides is 1. The zero-order chi connectivity index (χ0) is 17.9. The van der Waals surface area contributed by atoms with E-state index < -0.39 is 5.54 Å². The topological polar surface area (TPSA) is 68.2 Å². The molecule has 3 rings (SSSR count). The van der Waals surface area contributed by atoms with Gasteiger partial charge in [0.1, 0.15) is 5.54 Å². The lowest BCUT2D eigenvalue weighted by molar-refractivity contribution is -0.133. The average molecular weight is 348 g/mol. The number of rotatable bonds is 4. The summed E-state index contributed by atoms with van der Waals surface area (Å²) in [7, 11) is 0. The van der Waals surface area contributed by atoms with Gasteiger partial charge in [-0.15, -0.1) is 0 Å². The lowest BCUT2D eigenvalue weighted by Gasteiger charge is -2.41. The molecule has 6 nitrogen and oxygen atoms in total. The monoisotopic (exact) mass is 348 g/mol. The van der Waals surface area contributed by atoms with Crippen LogP contribution in [-0.4, -0.2) is 48.0 Å². The van der Waals surface area contributed by atoms with E-state index >= 15 is 0 Å². The highest BCUT2D eigenvalue weighted by molar-refractivity contribution is 5.84. The van der Waals surface area contributed by atoms with Crippen LogP contribution in [0.15, 0.2) is 18.5 Å². The number of carbonyl (C=O) groups is 1. The molecule has 1 amide bonds. The SMILES string of the molecule is CC(C)(C)C1OCCCC1CNC(=O)C1(n2cccn2)CCNCC1. The van der Waals surface area contributed by atoms with Crippen molar-refractivity contribution in [2.45, 2.75) is 58.1 Å². The van der Waals surface area contributed by atoms with Crippen LogP contribution in [0, 0.1) is 11.3 Å². The molecule has 3 heterocycles. The van der Waals surface area contributed by atoms with Gasteiger partial charge in [0.2, 0.25) is 5.91 Å². The van der Waals surface area contributed by atoms with Gasteiger partial charge in [-0.1, -0.05) is 20.8 Å².